The normalized spacial score (nSPS) is 18.0. The Balaban J connectivity index is 1.49. The molecule has 0 bridgehead atoms. The summed E-state index contributed by atoms with van der Waals surface area (Å²) in [6.07, 6.45) is -4.30. The predicted octanol–water partition coefficient (Wildman–Crippen LogP) is 6.13. The summed E-state index contributed by atoms with van der Waals surface area (Å²) in [5.74, 6) is 0. The van der Waals surface area contributed by atoms with Gasteiger partial charge in [-0.2, -0.15) is 0 Å². The summed E-state index contributed by atoms with van der Waals surface area (Å²) in [7, 11) is 0. The third kappa shape index (κ3) is 4.44. The van der Waals surface area contributed by atoms with Crippen LogP contribution in [0.5, 0.6) is 0 Å². The zero-order valence-electron chi connectivity index (χ0n) is 18.5. The van der Waals surface area contributed by atoms with E-state index in [9.17, 15) is 13.2 Å². The van der Waals surface area contributed by atoms with Crippen LogP contribution in [0.15, 0.2) is 115 Å². The molecule has 1 aliphatic heterocycles. The molecular weight excluding hydrogens is 498 g/mol. The minimum absolute atomic E-state index is 0.0452. The fourth-order valence-corrected chi connectivity index (χ4v) is 6.94. The van der Waals surface area contributed by atoms with E-state index in [1.165, 1.54) is 28.8 Å². The SMILES string of the molecule is FC(F)(F)c1cccc([Se]C[C@@H]2CN2C(c2ccccc2)(c2ccccc2)c2ccccc2)c1. The van der Waals surface area contributed by atoms with Gasteiger partial charge >= 0.3 is 205 Å². The van der Waals surface area contributed by atoms with Crippen LogP contribution in [0, 0.1) is 0 Å². The van der Waals surface area contributed by atoms with Crippen LogP contribution in [0.4, 0.5) is 13.2 Å². The van der Waals surface area contributed by atoms with E-state index in [4.69, 9.17) is 0 Å². The van der Waals surface area contributed by atoms with Gasteiger partial charge in [-0.3, -0.25) is 0 Å². The van der Waals surface area contributed by atoms with Crippen molar-refractivity contribution in [3.8, 4) is 0 Å². The number of nitrogens with zero attached hydrogens (tertiary/aromatic N) is 1. The monoisotopic (exact) mass is 523 g/mol. The third-order valence-corrected chi connectivity index (χ3v) is 8.71. The van der Waals surface area contributed by atoms with Gasteiger partial charge in [-0.15, -0.1) is 0 Å². The van der Waals surface area contributed by atoms with Gasteiger partial charge < -0.3 is 0 Å². The Morgan fingerprint density at radius 2 is 1.12 bits per heavy atom. The average Bonchev–Trinajstić information content (AvgIpc) is 3.65. The number of hydrogen-bond donors (Lipinski definition) is 0. The maximum absolute atomic E-state index is 13.2. The summed E-state index contributed by atoms with van der Waals surface area (Å²) in [5.41, 5.74) is 2.58. The standard InChI is InChI=1S/C29H24F3NSe/c30-29(31,32)25-17-10-18-27(19-25)34-21-26-20-33(26)28(22-11-4-1-5-12-22,23-13-6-2-7-14-23)24-15-8-3-9-16-24/h1-19,26H,20-21H2/t26-,33?/m0/s1. The van der Waals surface area contributed by atoms with Gasteiger partial charge in [-0.05, 0) is 0 Å². The zero-order valence-corrected chi connectivity index (χ0v) is 20.2. The second kappa shape index (κ2) is 9.42. The van der Waals surface area contributed by atoms with Crippen LogP contribution in [0.3, 0.4) is 0 Å². The maximum atomic E-state index is 13.2. The average molecular weight is 522 g/mol. The van der Waals surface area contributed by atoms with Crippen molar-refractivity contribution in [3.63, 3.8) is 0 Å². The third-order valence-electron chi connectivity index (χ3n) is 6.32. The van der Waals surface area contributed by atoms with Crippen LogP contribution in [0.25, 0.3) is 0 Å². The van der Waals surface area contributed by atoms with E-state index >= 15 is 0 Å². The van der Waals surface area contributed by atoms with Crippen LogP contribution < -0.4 is 4.46 Å². The van der Waals surface area contributed by atoms with Gasteiger partial charge in [0.05, 0.1) is 0 Å². The molecule has 4 aromatic carbocycles. The van der Waals surface area contributed by atoms with Crippen molar-refractivity contribution in [1.29, 1.82) is 0 Å². The van der Waals surface area contributed by atoms with Crippen molar-refractivity contribution in [2.45, 2.75) is 23.1 Å². The molecule has 1 nitrogen and oxygen atoms in total. The molecule has 1 unspecified atom stereocenters. The van der Waals surface area contributed by atoms with Crippen LogP contribution in [0.2, 0.25) is 5.32 Å². The molecular formula is C29H24F3NSe. The van der Waals surface area contributed by atoms with Gasteiger partial charge in [0.25, 0.3) is 0 Å². The molecule has 0 aliphatic carbocycles. The molecule has 1 aliphatic rings. The van der Waals surface area contributed by atoms with Crippen molar-refractivity contribution < 1.29 is 13.2 Å². The first kappa shape index (κ1) is 22.9. The van der Waals surface area contributed by atoms with E-state index in [1.54, 1.807) is 0 Å². The predicted molar refractivity (Wildman–Crippen MR) is 131 cm³/mol. The summed E-state index contributed by atoms with van der Waals surface area (Å²) < 4.78 is 40.3. The van der Waals surface area contributed by atoms with Crippen LogP contribution in [-0.4, -0.2) is 32.4 Å². The van der Waals surface area contributed by atoms with Crippen molar-refractivity contribution >= 4 is 19.4 Å². The topological polar surface area (TPSA) is 3.01 Å². The first-order valence-electron chi connectivity index (χ1n) is 11.2. The Kier molecular flexibility index (Phi) is 6.35. The van der Waals surface area contributed by atoms with Crippen LogP contribution in [0.1, 0.15) is 22.3 Å². The fourth-order valence-electron chi connectivity index (χ4n) is 4.72. The van der Waals surface area contributed by atoms with E-state index in [0.29, 0.717) is 6.04 Å². The molecule has 0 aromatic heterocycles. The molecule has 1 fully saturated rings. The van der Waals surface area contributed by atoms with Crippen LogP contribution >= 0.6 is 0 Å². The van der Waals surface area contributed by atoms with Crippen molar-refractivity contribution in [2.24, 2.45) is 0 Å². The van der Waals surface area contributed by atoms with E-state index in [0.717, 1.165) is 22.4 Å². The number of alkyl halides is 3. The molecule has 5 rings (SSSR count). The van der Waals surface area contributed by atoms with Gasteiger partial charge in [-0.1, -0.05) is 0 Å². The summed E-state index contributed by atoms with van der Waals surface area (Å²) >= 11 is -0.0452. The van der Waals surface area contributed by atoms with Crippen LogP contribution in [-0.2, 0) is 11.7 Å². The van der Waals surface area contributed by atoms with Gasteiger partial charge in [-0.25, -0.2) is 0 Å². The summed E-state index contributed by atoms with van der Waals surface area (Å²) in [5, 5.41) is 0.864. The molecule has 0 radical (unpaired) electrons. The first-order chi connectivity index (χ1) is 16.5. The van der Waals surface area contributed by atoms with Crippen molar-refractivity contribution in [2.75, 3.05) is 6.54 Å². The van der Waals surface area contributed by atoms with Gasteiger partial charge in [0.2, 0.25) is 0 Å². The number of halogens is 3. The fraction of sp³-hybridized carbons (Fsp3) is 0.172. The van der Waals surface area contributed by atoms with Gasteiger partial charge in [0.15, 0.2) is 0 Å². The molecule has 0 amide bonds. The Bertz CT molecular complexity index is 1130. The van der Waals surface area contributed by atoms with Crippen molar-refractivity contribution in [1.82, 2.24) is 4.90 Å². The zero-order chi connectivity index (χ0) is 23.6. The molecule has 4 aromatic rings. The molecule has 172 valence electrons. The van der Waals surface area contributed by atoms with Gasteiger partial charge in [0.1, 0.15) is 0 Å². The Labute approximate surface area is 204 Å². The molecule has 0 saturated carbocycles. The van der Waals surface area contributed by atoms with E-state index in [2.05, 4.69) is 77.7 Å². The Hall–Kier alpha value is -2.85. The summed E-state index contributed by atoms with van der Waals surface area (Å²) in [6.45, 7) is 0.902. The second-order valence-electron chi connectivity index (χ2n) is 8.45. The molecule has 0 spiro atoms. The summed E-state index contributed by atoms with van der Waals surface area (Å²) in [4.78, 5) is 2.50. The Morgan fingerprint density at radius 1 is 0.647 bits per heavy atom. The van der Waals surface area contributed by atoms with Crippen molar-refractivity contribution in [3.05, 3.63) is 138 Å². The second-order valence-corrected chi connectivity index (χ2v) is 10.7. The number of benzene rings is 4. The molecule has 0 N–H and O–H groups in total. The number of hydrogen-bond acceptors (Lipinski definition) is 1. The minimum atomic E-state index is -4.30. The summed E-state index contributed by atoms with van der Waals surface area (Å²) in [6, 6.07) is 37.7. The molecule has 1 saturated heterocycles. The molecule has 2 atom stereocenters. The van der Waals surface area contributed by atoms with E-state index < -0.39 is 17.3 Å². The first-order valence-corrected chi connectivity index (χ1v) is 13.3. The quantitative estimate of drug-likeness (QED) is 0.160. The molecule has 5 heteroatoms. The molecule has 1 heterocycles. The van der Waals surface area contributed by atoms with E-state index in [-0.39, 0.29) is 15.0 Å². The van der Waals surface area contributed by atoms with Gasteiger partial charge in [0, 0.05) is 0 Å². The number of rotatable bonds is 7. The van der Waals surface area contributed by atoms with E-state index in [1.807, 2.05) is 24.3 Å². The molecule has 34 heavy (non-hydrogen) atoms. The Morgan fingerprint density at radius 3 is 1.59 bits per heavy atom.